The summed E-state index contributed by atoms with van der Waals surface area (Å²) in [4.78, 5) is 31.0. The molecule has 5 heterocycles. The molecular formula is C28H30N8O2. The van der Waals surface area contributed by atoms with E-state index in [-0.39, 0.29) is 23.9 Å². The van der Waals surface area contributed by atoms with E-state index in [0.29, 0.717) is 50.0 Å². The van der Waals surface area contributed by atoms with Crippen LogP contribution in [0.2, 0.25) is 0 Å². The Balaban J connectivity index is 1.33. The van der Waals surface area contributed by atoms with Gasteiger partial charge in [0.1, 0.15) is 11.6 Å². The van der Waals surface area contributed by atoms with Gasteiger partial charge in [0.15, 0.2) is 0 Å². The number of hydrogen-bond acceptors (Lipinski definition) is 8. The number of hydrogen-bond donors (Lipinski definition) is 1. The fourth-order valence-electron chi connectivity index (χ4n) is 5.47. The summed E-state index contributed by atoms with van der Waals surface area (Å²) in [6.07, 6.45) is 5.49. The highest BCUT2D eigenvalue weighted by molar-refractivity contribution is 5.92. The van der Waals surface area contributed by atoms with Crippen LogP contribution >= 0.6 is 0 Å². The lowest BCUT2D eigenvalue weighted by Crippen LogP contribution is -2.57. The topological polar surface area (TPSA) is 112 Å². The number of fused-ring (bicyclic) bond motifs is 3. The van der Waals surface area contributed by atoms with Crippen molar-refractivity contribution in [3.63, 3.8) is 0 Å². The van der Waals surface area contributed by atoms with E-state index in [9.17, 15) is 10.1 Å². The molecule has 1 aromatic carbocycles. The van der Waals surface area contributed by atoms with Crippen LogP contribution < -0.4 is 10.2 Å². The Morgan fingerprint density at radius 2 is 2.11 bits per heavy atom. The fourth-order valence-corrected chi connectivity index (χ4v) is 5.47. The first kappa shape index (κ1) is 24.1. The molecule has 2 aliphatic heterocycles. The van der Waals surface area contributed by atoms with E-state index in [1.807, 2.05) is 46.8 Å². The zero-order valence-electron chi connectivity index (χ0n) is 21.8. The van der Waals surface area contributed by atoms with E-state index in [4.69, 9.17) is 14.7 Å². The normalized spacial score (nSPS) is 18.8. The van der Waals surface area contributed by atoms with Crippen LogP contribution in [0, 0.1) is 24.2 Å². The first-order valence-electron chi connectivity index (χ1n) is 13.0. The number of nitriles is 1. The number of nitrogens with one attached hydrogen (secondary N) is 1. The van der Waals surface area contributed by atoms with Crippen LogP contribution in [0.15, 0.2) is 42.9 Å². The second-order valence-electron chi connectivity index (χ2n) is 10.2. The predicted octanol–water partition coefficient (Wildman–Crippen LogP) is 3.31. The van der Waals surface area contributed by atoms with Crippen molar-refractivity contribution in [3.8, 4) is 6.07 Å². The Labute approximate surface area is 220 Å². The summed E-state index contributed by atoms with van der Waals surface area (Å²) in [6.45, 7) is 9.26. The first-order chi connectivity index (χ1) is 18.4. The van der Waals surface area contributed by atoms with Gasteiger partial charge in [0.25, 0.3) is 0 Å². The quantitative estimate of drug-likeness (QED) is 0.435. The van der Waals surface area contributed by atoms with E-state index in [1.165, 1.54) is 0 Å². The van der Waals surface area contributed by atoms with Gasteiger partial charge >= 0.3 is 0 Å². The predicted molar refractivity (Wildman–Crippen MR) is 144 cm³/mol. The van der Waals surface area contributed by atoms with Gasteiger partial charge in [0, 0.05) is 43.5 Å². The van der Waals surface area contributed by atoms with Crippen molar-refractivity contribution in [3.05, 3.63) is 59.5 Å². The highest BCUT2D eigenvalue weighted by Gasteiger charge is 2.34. The number of ether oxygens (including phenoxy) is 1. The molecule has 0 aliphatic carbocycles. The van der Waals surface area contributed by atoms with Crippen LogP contribution in [0.5, 0.6) is 0 Å². The highest BCUT2D eigenvalue weighted by Crippen LogP contribution is 2.31. The fraction of sp³-hybridized carbons (Fsp3) is 0.393. The van der Waals surface area contributed by atoms with Gasteiger partial charge in [-0.1, -0.05) is 12.1 Å². The molecule has 4 aromatic rings. The maximum Gasteiger partial charge on any atom is 0.236 e. The van der Waals surface area contributed by atoms with Gasteiger partial charge in [-0.25, -0.2) is 9.97 Å². The number of imidazole rings is 1. The molecule has 38 heavy (non-hydrogen) atoms. The molecule has 2 unspecified atom stereocenters. The van der Waals surface area contributed by atoms with Gasteiger partial charge in [-0.3, -0.25) is 9.20 Å². The van der Waals surface area contributed by atoms with Crippen LogP contribution in [0.4, 0.5) is 11.6 Å². The summed E-state index contributed by atoms with van der Waals surface area (Å²) >= 11 is 0. The summed E-state index contributed by atoms with van der Waals surface area (Å²) in [5.74, 6) is 2.35. The van der Waals surface area contributed by atoms with Crippen molar-refractivity contribution in [1.29, 1.82) is 5.26 Å². The minimum absolute atomic E-state index is 0.00400. The second kappa shape index (κ2) is 9.58. The molecule has 0 spiro atoms. The van der Waals surface area contributed by atoms with Crippen LogP contribution in [0.25, 0.3) is 16.7 Å². The molecule has 2 saturated heterocycles. The standard InChI is InChI=1S/C28H30N8O2/c1-17-14-34(27(37)21-15-38-16-21)9-10-35(17)25-11-23-24(13-31-25)36-8-7-30-28(36)33-26(23)32-19(3)22-6-4-5-20(12-29)18(22)2/h4-8,11,13,17,19,21H,9-10,14-16H2,1-3H3,(H,30,32,33). The van der Waals surface area contributed by atoms with Crippen LogP contribution in [-0.4, -0.2) is 69.0 Å². The van der Waals surface area contributed by atoms with Crippen LogP contribution in [0.1, 0.15) is 36.6 Å². The number of benzene rings is 1. The van der Waals surface area contributed by atoms with E-state index >= 15 is 0 Å². The lowest BCUT2D eigenvalue weighted by Gasteiger charge is -2.42. The van der Waals surface area contributed by atoms with Crippen molar-refractivity contribution >= 4 is 34.2 Å². The molecule has 0 radical (unpaired) electrons. The van der Waals surface area contributed by atoms with Gasteiger partial charge in [0.05, 0.1) is 48.5 Å². The number of rotatable bonds is 5. The number of anilines is 2. The van der Waals surface area contributed by atoms with Gasteiger partial charge < -0.3 is 19.9 Å². The summed E-state index contributed by atoms with van der Waals surface area (Å²) in [6, 6.07) is 10.2. The third-order valence-electron chi connectivity index (χ3n) is 7.75. The third-order valence-corrected chi connectivity index (χ3v) is 7.75. The van der Waals surface area contributed by atoms with E-state index in [2.05, 4.69) is 41.2 Å². The van der Waals surface area contributed by atoms with Crippen molar-refractivity contribution in [2.24, 2.45) is 5.92 Å². The number of nitrogens with zero attached hydrogens (tertiary/aromatic N) is 7. The number of carbonyl (C=O) groups is 1. The molecule has 0 saturated carbocycles. The number of aromatic nitrogens is 4. The molecule has 0 bridgehead atoms. The first-order valence-corrected chi connectivity index (χ1v) is 13.0. The average molecular weight is 511 g/mol. The monoisotopic (exact) mass is 510 g/mol. The molecule has 194 valence electrons. The van der Waals surface area contributed by atoms with E-state index in [1.54, 1.807) is 6.20 Å². The van der Waals surface area contributed by atoms with Crippen LogP contribution in [0.3, 0.4) is 0 Å². The maximum absolute atomic E-state index is 12.7. The minimum Gasteiger partial charge on any atom is -0.380 e. The Bertz CT molecular complexity index is 1570. The smallest absolute Gasteiger partial charge is 0.236 e. The van der Waals surface area contributed by atoms with Crippen molar-refractivity contribution in [2.45, 2.75) is 32.9 Å². The number of pyridine rings is 1. The lowest BCUT2D eigenvalue weighted by atomic mass is 9.98. The molecule has 10 nitrogen and oxygen atoms in total. The zero-order valence-corrected chi connectivity index (χ0v) is 21.8. The molecule has 2 atom stereocenters. The molecule has 10 heteroatoms. The minimum atomic E-state index is -0.0861. The summed E-state index contributed by atoms with van der Waals surface area (Å²) in [7, 11) is 0. The molecular weight excluding hydrogens is 480 g/mol. The van der Waals surface area contributed by atoms with Gasteiger partial charge in [-0.05, 0) is 44.0 Å². The lowest BCUT2D eigenvalue weighted by molar-refractivity contribution is -0.150. The summed E-state index contributed by atoms with van der Waals surface area (Å²) in [5.41, 5.74) is 3.57. The van der Waals surface area contributed by atoms with Gasteiger partial charge in [0.2, 0.25) is 11.7 Å². The largest absolute Gasteiger partial charge is 0.380 e. The Kier molecular flexibility index (Phi) is 6.08. The number of amides is 1. The van der Waals surface area contributed by atoms with Crippen molar-refractivity contribution in [1.82, 2.24) is 24.3 Å². The third kappa shape index (κ3) is 4.09. The second-order valence-corrected chi connectivity index (χ2v) is 10.2. The summed E-state index contributed by atoms with van der Waals surface area (Å²) < 4.78 is 7.15. The highest BCUT2D eigenvalue weighted by atomic mass is 16.5. The maximum atomic E-state index is 12.7. The Morgan fingerprint density at radius 1 is 1.26 bits per heavy atom. The molecule has 2 aliphatic rings. The van der Waals surface area contributed by atoms with Gasteiger partial charge in [-0.2, -0.15) is 10.2 Å². The number of carbonyl (C=O) groups excluding carboxylic acids is 1. The van der Waals surface area contributed by atoms with E-state index in [0.717, 1.165) is 27.8 Å². The van der Waals surface area contributed by atoms with Crippen molar-refractivity contribution in [2.75, 3.05) is 43.1 Å². The van der Waals surface area contributed by atoms with Crippen molar-refractivity contribution < 1.29 is 9.53 Å². The molecule has 3 aromatic heterocycles. The average Bonchev–Trinajstić information content (AvgIpc) is 3.36. The zero-order chi connectivity index (χ0) is 26.4. The molecule has 6 rings (SSSR count). The Morgan fingerprint density at radius 3 is 2.84 bits per heavy atom. The SMILES string of the molecule is Cc1c(C#N)cccc1C(C)Nc1nc2nccn2c2cnc(N3CCN(C(=O)C4COC4)CC3C)cc12. The number of piperazine rings is 1. The summed E-state index contributed by atoms with van der Waals surface area (Å²) in [5, 5.41) is 14.0. The molecule has 1 amide bonds. The van der Waals surface area contributed by atoms with E-state index < -0.39 is 0 Å². The Hall–Kier alpha value is -4.23. The van der Waals surface area contributed by atoms with Gasteiger partial charge in [-0.15, -0.1) is 0 Å². The molecule has 2 fully saturated rings. The van der Waals surface area contributed by atoms with Crippen LogP contribution in [-0.2, 0) is 9.53 Å². The molecule has 1 N–H and O–H groups in total.